The third kappa shape index (κ3) is 6.50. The van der Waals surface area contributed by atoms with Gasteiger partial charge in [0.25, 0.3) is 5.91 Å². The van der Waals surface area contributed by atoms with Crippen LogP contribution in [-0.4, -0.2) is 44.1 Å². The van der Waals surface area contributed by atoms with Crippen LogP contribution in [0.25, 0.3) is 0 Å². The lowest BCUT2D eigenvalue weighted by molar-refractivity contribution is -0.119. The van der Waals surface area contributed by atoms with Gasteiger partial charge in [0.15, 0.2) is 12.6 Å². The Labute approximate surface area is 166 Å². The number of guanidine groups is 1. The van der Waals surface area contributed by atoms with Crippen LogP contribution in [0.5, 0.6) is 11.5 Å². The van der Waals surface area contributed by atoms with Crippen LogP contribution in [0.3, 0.4) is 0 Å². The predicted molar refractivity (Wildman–Crippen MR) is 110 cm³/mol. The first-order valence-corrected chi connectivity index (χ1v) is 9.14. The zero-order valence-electron chi connectivity index (χ0n) is 16.6. The second-order valence-corrected chi connectivity index (χ2v) is 6.24. The Morgan fingerprint density at radius 3 is 2.71 bits per heavy atom. The van der Waals surface area contributed by atoms with E-state index in [0.29, 0.717) is 18.8 Å². The summed E-state index contributed by atoms with van der Waals surface area (Å²) in [6, 6.07) is 15.4. The predicted octanol–water partition coefficient (Wildman–Crippen LogP) is 2.16. The van der Waals surface area contributed by atoms with E-state index in [9.17, 15) is 4.79 Å². The first-order chi connectivity index (χ1) is 13.5. The van der Waals surface area contributed by atoms with E-state index in [1.165, 1.54) is 0 Å². The number of primary amides is 1. The molecule has 150 valence electrons. The highest BCUT2D eigenvalue weighted by molar-refractivity contribution is 5.79. The van der Waals surface area contributed by atoms with Crippen molar-refractivity contribution in [1.82, 2.24) is 10.2 Å². The maximum atomic E-state index is 10.9. The van der Waals surface area contributed by atoms with E-state index in [0.717, 1.165) is 29.4 Å². The molecule has 2 aromatic carbocycles. The van der Waals surface area contributed by atoms with Gasteiger partial charge in [-0.05, 0) is 30.7 Å². The van der Waals surface area contributed by atoms with Crippen molar-refractivity contribution in [2.75, 3.05) is 27.3 Å². The topological polar surface area (TPSA) is 89.2 Å². The lowest BCUT2D eigenvalue weighted by Gasteiger charge is -2.23. The number of para-hydroxylation sites is 1. The summed E-state index contributed by atoms with van der Waals surface area (Å²) in [6.07, 6.45) is 0. The molecule has 0 bridgehead atoms. The molecule has 0 radical (unpaired) electrons. The smallest absolute Gasteiger partial charge is 0.255 e. The number of hydrogen-bond donors (Lipinski definition) is 2. The third-order valence-electron chi connectivity index (χ3n) is 3.99. The third-order valence-corrected chi connectivity index (χ3v) is 3.99. The van der Waals surface area contributed by atoms with Crippen molar-refractivity contribution in [3.05, 3.63) is 59.7 Å². The standard InChI is InChI=1S/C21H28N4O3/c1-4-23-21(25(2)14-17-9-5-6-11-19(17)27-3)24-13-16-8-7-10-18(12-16)28-15-20(22)26/h5-12H,4,13-15H2,1-3H3,(H2,22,26)(H,23,24). The molecule has 0 aliphatic carbocycles. The molecule has 0 spiro atoms. The first-order valence-electron chi connectivity index (χ1n) is 9.14. The molecule has 0 saturated carbocycles. The molecule has 7 nitrogen and oxygen atoms in total. The zero-order chi connectivity index (χ0) is 20.4. The summed E-state index contributed by atoms with van der Waals surface area (Å²) < 4.78 is 10.8. The Kier molecular flexibility index (Phi) is 8.14. The Bertz CT molecular complexity index is 808. The molecule has 0 atom stereocenters. The number of carbonyl (C=O) groups is 1. The van der Waals surface area contributed by atoms with Crippen molar-refractivity contribution >= 4 is 11.9 Å². The lowest BCUT2D eigenvalue weighted by atomic mass is 10.2. The van der Waals surface area contributed by atoms with Gasteiger partial charge in [-0.3, -0.25) is 4.79 Å². The second kappa shape index (κ2) is 10.8. The number of ether oxygens (including phenoxy) is 2. The van der Waals surface area contributed by atoms with E-state index in [1.54, 1.807) is 13.2 Å². The van der Waals surface area contributed by atoms with E-state index < -0.39 is 5.91 Å². The zero-order valence-corrected chi connectivity index (χ0v) is 16.6. The summed E-state index contributed by atoms with van der Waals surface area (Å²) in [4.78, 5) is 17.6. The maximum absolute atomic E-state index is 10.9. The van der Waals surface area contributed by atoms with Crippen molar-refractivity contribution in [3.8, 4) is 11.5 Å². The summed E-state index contributed by atoms with van der Waals surface area (Å²) in [5, 5.41) is 3.31. The van der Waals surface area contributed by atoms with Gasteiger partial charge in [0.05, 0.1) is 13.7 Å². The highest BCUT2D eigenvalue weighted by Gasteiger charge is 2.10. The summed E-state index contributed by atoms with van der Waals surface area (Å²) in [5.41, 5.74) is 7.18. The molecule has 28 heavy (non-hydrogen) atoms. The molecule has 0 heterocycles. The number of rotatable bonds is 9. The molecule has 0 saturated heterocycles. The lowest BCUT2D eigenvalue weighted by Crippen LogP contribution is -2.38. The number of carbonyl (C=O) groups excluding carboxylic acids is 1. The van der Waals surface area contributed by atoms with Gasteiger partial charge >= 0.3 is 0 Å². The molecule has 1 amide bonds. The molecule has 7 heteroatoms. The van der Waals surface area contributed by atoms with Gasteiger partial charge in [-0.25, -0.2) is 4.99 Å². The first kappa shape index (κ1) is 21.1. The van der Waals surface area contributed by atoms with Crippen molar-refractivity contribution < 1.29 is 14.3 Å². The number of nitrogens with two attached hydrogens (primary N) is 1. The van der Waals surface area contributed by atoms with Gasteiger partial charge in [0.1, 0.15) is 11.5 Å². The van der Waals surface area contributed by atoms with Crippen molar-refractivity contribution in [2.45, 2.75) is 20.0 Å². The number of amides is 1. The van der Waals surface area contributed by atoms with Crippen LogP contribution in [0.2, 0.25) is 0 Å². The molecule has 2 aromatic rings. The summed E-state index contributed by atoms with van der Waals surface area (Å²) in [5.74, 6) is 1.73. The van der Waals surface area contributed by atoms with Crippen molar-refractivity contribution in [3.63, 3.8) is 0 Å². The Hall–Kier alpha value is -3.22. The van der Waals surface area contributed by atoms with Crippen LogP contribution < -0.4 is 20.5 Å². The summed E-state index contributed by atoms with van der Waals surface area (Å²) in [6.45, 7) is 3.79. The number of hydrogen-bond acceptors (Lipinski definition) is 4. The quantitative estimate of drug-likeness (QED) is 0.511. The summed E-state index contributed by atoms with van der Waals surface area (Å²) in [7, 11) is 3.66. The molecule has 3 N–H and O–H groups in total. The summed E-state index contributed by atoms with van der Waals surface area (Å²) >= 11 is 0. The largest absolute Gasteiger partial charge is 0.496 e. The molecule has 0 aliphatic rings. The molecule has 2 rings (SSSR count). The average Bonchev–Trinajstić information content (AvgIpc) is 2.70. The minimum atomic E-state index is -0.504. The second-order valence-electron chi connectivity index (χ2n) is 6.24. The number of nitrogens with zero attached hydrogens (tertiary/aromatic N) is 2. The SMILES string of the molecule is CCNC(=NCc1cccc(OCC(N)=O)c1)N(C)Cc1ccccc1OC. The van der Waals surface area contributed by atoms with Crippen molar-refractivity contribution in [1.29, 1.82) is 0 Å². The van der Waals surface area contributed by atoms with E-state index in [4.69, 9.17) is 20.2 Å². The van der Waals surface area contributed by atoms with Gasteiger partial charge in [-0.15, -0.1) is 0 Å². The molecular formula is C21H28N4O3. The van der Waals surface area contributed by atoms with Gasteiger partial charge in [0.2, 0.25) is 0 Å². The Balaban J connectivity index is 2.09. The maximum Gasteiger partial charge on any atom is 0.255 e. The van der Waals surface area contributed by atoms with E-state index in [-0.39, 0.29) is 6.61 Å². The van der Waals surface area contributed by atoms with Crippen LogP contribution in [0.15, 0.2) is 53.5 Å². The van der Waals surface area contributed by atoms with Gasteiger partial charge < -0.3 is 25.4 Å². The van der Waals surface area contributed by atoms with Crippen LogP contribution >= 0.6 is 0 Å². The van der Waals surface area contributed by atoms with Gasteiger partial charge in [-0.2, -0.15) is 0 Å². The van der Waals surface area contributed by atoms with Crippen LogP contribution in [0.4, 0.5) is 0 Å². The monoisotopic (exact) mass is 384 g/mol. The fourth-order valence-electron chi connectivity index (χ4n) is 2.69. The molecule has 0 fully saturated rings. The minimum Gasteiger partial charge on any atom is -0.496 e. The molecule has 0 aliphatic heterocycles. The Morgan fingerprint density at radius 2 is 2.00 bits per heavy atom. The normalized spacial score (nSPS) is 11.0. The number of nitrogens with one attached hydrogen (secondary N) is 1. The molecule has 0 aromatic heterocycles. The highest BCUT2D eigenvalue weighted by Crippen LogP contribution is 2.19. The number of aliphatic imine (C=N–C) groups is 1. The van der Waals surface area contributed by atoms with E-state index >= 15 is 0 Å². The highest BCUT2D eigenvalue weighted by atomic mass is 16.5. The Morgan fingerprint density at radius 1 is 1.21 bits per heavy atom. The van der Waals surface area contributed by atoms with Gasteiger partial charge in [0, 0.05) is 25.7 Å². The number of methoxy groups -OCH3 is 1. The molecule has 0 unspecified atom stereocenters. The fourth-order valence-corrected chi connectivity index (χ4v) is 2.69. The fraction of sp³-hybridized carbons (Fsp3) is 0.333. The van der Waals surface area contributed by atoms with Crippen LogP contribution in [-0.2, 0) is 17.9 Å². The average molecular weight is 384 g/mol. The molecular weight excluding hydrogens is 356 g/mol. The number of benzene rings is 2. The van der Waals surface area contributed by atoms with Crippen molar-refractivity contribution in [2.24, 2.45) is 10.7 Å². The van der Waals surface area contributed by atoms with Crippen LogP contribution in [0, 0.1) is 0 Å². The van der Waals surface area contributed by atoms with Crippen LogP contribution in [0.1, 0.15) is 18.1 Å². The van der Waals surface area contributed by atoms with E-state index in [2.05, 4.69) is 10.2 Å². The minimum absolute atomic E-state index is 0.142. The van der Waals surface area contributed by atoms with E-state index in [1.807, 2.05) is 56.4 Å². The van der Waals surface area contributed by atoms with Gasteiger partial charge in [-0.1, -0.05) is 30.3 Å².